The summed E-state index contributed by atoms with van der Waals surface area (Å²) in [6, 6.07) is -0.0198. The first-order valence-corrected chi connectivity index (χ1v) is 7.24. The van der Waals surface area contributed by atoms with E-state index < -0.39 is 0 Å². The minimum absolute atomic E-state index is 0.0176. The Balaban J connectivity index is 3.07. The van der Waals surface area contributed by atoms with E-state index in [-0.39, 0.29) is 17.6 Å². The maximum Gasteiger partial charge on any atom is 0.128 e. The molecule has 1 aromatic rings. The lowest BCUT2D eigenvalue weighted by Crippen LogP contribution is -2.51. The van der Waals surface area contributed by atoms with Crippen molar-refractivity contribution in [3.05, 3.63) is 23.0 Å². The van der Waals surface area contributed by atoms with Gasteiger partial charge in [0.15, 0.2) is 0 Å². The fourth-order valence-corrected chi connectivity index (χ4v) is 2.86. The highest BCUT2D eigenvalue weighted by Gasteiger charge is 2.32. The van der Waals surface area contributed by atoms with Crippen molar-refractivity contribution in [2.24, 2.45) is 11.3 Å². The molecule has 0 radical (unpaired) electrons. The Morgan fingerprint density at radius 2 is 1.90 bits per heavy atom. The highest BCUT2D eigenvalue weighted by atomic mass is 16.5. The fourth-order valence-electron chi connectivity index (χ4n) is 2.86. The van der Waals surface area contributed by atoms with Crippen molar-refractivity contribution in [3.63, 3.8) is 0 Å². The molecule has 0 fully saturated rings. The molecule has 5 nitrogen and oxygen atoms in total. The van der Waals surface area contributed by atoms with Gasteiger partial charge in [-0.1, -0.05) is 20.8 Å². The van der Waals surface area contributed by atoms with E-state index in [4.69, 9.17) is 15.3 Å². The number of aryl methyl sites for hydroxylation is 1. The summed E-state index contributed by atoms with van der Waals surface area (Å²) in [5.74, 6) is 6.64. The van der Waals surface area contributed by atoms with Crippen LogP contribution in [-0.2, 0) is 11.2 Å². The fraction of sp³-hybridized carbons (Fsp3) is 0.688. The average Bonchev–Trinajstić information content (AvgIpc) is 2.40. The number of pyridine rings is 1. The second-order valence-electron chi connectivity index (χ2n) is 6.55. The molecular formula is C16H29N3O2. The van der Waals surface area contributed by atoms with E-state index in [0.29, 0.717) is 6.42 Å². The predicted molar refractivity (Wildman–Crippen MR) is 85.3 cm³/mol. The Hall–Kier alpha value is -1.17. The first-order valence-electron chi connectivity index (χ1n) is 7.24. The van der Waals surface area contributed by atoms with Crippen molar-refractivity contribution in [1.29, 1.82) is 0 Å². The standard InChI is InChI=1S/C16H29N3O2/c1-10-9-18-12(11(2)14(10)20-6)8-13(19-17)15(21-7)16(3,4)5/h9,13,15,19H,8,17H2,1-7H3. The third kappa shape index (κ3) is 4.15. The zero-order valence-electron chi connectivity index (χ0n) is 14.3. The summed E-state index contributed by atoms with van der Waals surface area (Å²) in [5, 5.41) is 0. The number of hydrazine groups is 1. The van der Waals surface area contributed by atoms with Crippen LogP contribution < -0.4 is 16.0 Å². The van der Waals surface area contributed by atoms with Crippen molar-refractivity contribution in [3.8, 4) is 5.75 Å². The number of nitrogens with zero attached hydrogens (tertiary/aromatic N) is 1. The molecule has 0 bridgehead atoms. The van der Waals surface area contributed by atoms with Gasteiger partial charge in [-0.05, 0) is 19.3 Å². The van der Waals surface area contributed by atoms with Crippen LogP contribution in [0, 0.1) is 19.3 Å². The zero-order valence-corrected chi connectivity index (χ0v) is 14.3. The van der Waals surface area contributed by atoms with E-state index >= 15 is 0 Å². The van der Waals surface area contributed by atoms with Crippen molar-refractivity contribution >= 4 is 0 Å². The van der Waals surface area contributed by atoms with E-state index in [1.807, 2.05) is 20.0 Å². The van der Waals surface area contributed by atoms with Gasteiger partial charge in [-0.3, -0.25) is 16.3 Å². The Bertz CT molecular complexity index is 469. The lowest BCUT2D eigenvalue weighted by molar-refractivity contribution is -0.0113. The summed E-state index contributed by atoms with van der Waals surface area (Å²) in [5.41, 5.74) is 5.93. The molecule has 0 spiro atoms. The van der Waals surface area contributed by atoms with Gasteiger partial charge in [0.2, 0.25) is 0 Å². The summed E-state index contributed by atoms with van der Waals surface area (Å²) in [7, 11) is 3.40. The second kappa shape index (κ2) is 7.20. The lowest BCUT2D eigenvalue weighted by atomic mass is 9.83. The van der Waals surface area contributed by atoms with E-state index in [1.54, 1.807) is 14.2 Å². The Kier molecular flexibility index (Phi) is 6.13. The Labute approximate surface area is 128 Å². The Morgan fingerprint density at radius 1 is 1.29 bits per heavy atom. The highest BCUT2D eigenvalue weighted by Crippen LogP contribution is 2.28. The number of methoxy groups -OCH3 is 2. The Morgan fingerprint density at radius 3 is 2.33 bits per heavy atom. The summed E-state index contributed by atoms with van der Waals surface area (Å²) in [4.78, 5) is 4.54. The monoisotopic (exact) mass is 295 g/mol. The van der Waals surface area contributed by atoms with Crippen LogP contribution in [0.25, 0.3) is 0 Å². The van der Waals surface area contributed by atoms with Gasteiger partial charge in [0.25, 0.3) is 0 Å². The van der Waals surface area contributed by atoms with Gasteiger partial charge < -0.3 is 9.47 Å². The van der Waals surface area contributed by atoms with Gasteiger partial charge in [0.1, 0.15) is 5.75 Å². The van der Waals surface area contributed by atoms with Gasteiger partial charge in [-0.15, -0.1) is 0 Å². The number of hydrogen-bond donors (Lipinski definition) is 2. The lowest BCUT2D eigenvalue weighted by Gasteiger charge is -2.35. The molecule has 120 valence electrons. The number of aromatic nitrogens is 1. The van der Waals surface area contributed by atoms with E-state index in [0.717, 1.165) is 22.6 Å². The largest absolute Gasteiger partial charge is 0.496 e. The minimum Gasteiger partial charge on any atom is -0.496 e. The molecule has 2 unspecified atom stereocenters. The third-order valence-corrected chi connectivity index (χ3v) is 3.85. The summed E-state index contributed by atoms with van der Waals surface area (Å²) in [6.45, 7) is 10.4. The van der Waals surface area contributed by atoms with Crippen LogP contribution in [-0.4, -0.2) is 31.3 Å². The topological polar surface area (TPSA) is 69.4 Å². The van der Waals surface area contributed by atoms with Crippen molar-refractivity contribution in [2.75, 3.05) is 14.2 Å². The molecule has 0 saturated carbocycles. The van der Waals surface area contributed by atoms with Crippen molar-refractivity contribution in [2.45, 2.75) is 53.2 Å². The van der Waals surface area contributed by atoms with Crippen LogP contribution in [0.2, 0.25) is 0 Å². The number of nitrogens with two attached hydrogens (primary N) is 1. The van der Waals surface area contributed by atoms with Gasteiger partial charge in [0, 0.05) is 36.5 Å². The molecule has 0 amide bonds. The van der Waals surface area contributed by atoms with Crippen LogP contribution in [0.3, 0.4) is 0 Å². The molecule has 21 heavy (non-hydrogen) atoms. The molecule has 1 aromatic heterocycles. The molecule has 0 aliphatic rings. The van der Waals surface area contributed by atoms with E-state index in [9.17, 15) is 0 Å². The van der Waals surface area contributed by atoms with Crippen molar-refractivity contribution < 1.29 is 9.47 Å². The maximum absolute atomic E-state index is 5.76. The van der Waals surface area contributed by atoms with Crippen LogP contribution in [0.15, 0.2) is 6.20 Å². The smallest absolute Gasteiger partial charge is 0.128 e. The SMILES string of the molecule is COc1c(C)cnc(CC(NN)C(OC)C(C)(C)C)c1C. The summed E-state index contributed by atoms with van der Waals surface area (Å²) in [6.07, 6.45) is 2.51. The number of nitrogens with one attached hydrogen (secondary N) is 1. The van der Waals surface area contributed by atoms with Gasteiger partial charge in [-0.25, -0.2) is 0 Å². The summed E-state index contributed by atoms with van der Waals surface area (Å²) >= 11 is 0. The molecule has 0 aromatic carbocycles. The van der Waals surface area contributed by atoms with Gasteiger partial charge in [0.05, 0.1) is 19.3 Å². The quantitative estimate of drug-likeness (QED) is 0.621. The molecule has 1 heterocycles. The third-order valence-electron chi connectivity index (χ3n) is 3.85. The van der Waals surface area contributed by atoms with Gasteiger partial charge >= 0.3 is 0 Å². The average molecular weight is 295 g/mol. The second-order valence-corrected chi connectivity index (χ2v) is 6.55. The molecule has 5 heteroatoms. The van der Waals surface area contributed by atoms with Crippen LogP contribution in [0.5, 0.6) is 5.75 Å². The van der Waals surface area contributed by atoms with Crippen molar-refractivity contribution in [1.82, 2.24) is 10.4 Å². The first kappa shape index (κ1) is 17.9. The maximum atomic E-state index is 5.76. The zero-order chi connectivity index (χ0) is 16.2. The molecule has 2 atom stereocenters. The van der Waals surface area contributed by atoms with Crippen LogP contribution in [0.4, 0.5) is 0 Å². The molecule has 3 N–H and O–H groups in total. The van der Waals surface area contributed by atoms with E-state index in [1.165, 1.54) is 0 Å². The van der Waals surface area contributed by atoms with Gasteiger partial charge in [-0.2, -0.15) is 0 Å². The molecule has 0 aliphatic carbocycles. The number of hydrogen-bond acceptors (Lipinski definition) is 5. The van der Waals surface area contributed by atoms with E-state index in [2.05, 4.69) is 31.2 Å². The summed E-state index contributed by atoms with van der Waals surface area (Å²) < 4.78 is 11.1. The molecule has 0 saturated heterocycles. The van der Waals surface area contributed by atoms with Crippen LogP contribution in [0.1, 0.15) is 37.6 Å². The number of rotatable bonds is 6. The predicted octanol–water partition coefficient (Wildman–Crippen LogP) is 2.14. The number of ether oxygens (including phenoxy) is 2. The molecule has 1 rings (SSSR count). The molecular weight excluding hydrogens is 266 g/mol. The minimum atomic E-state index is -0.0198. The normalized spacial score (nSPS) is 14.9. The highest BCUT2D eigenvalue weighted by molar-refractivity contribution is 5.41. The van der Waals surface area contributed by atoms with Crippen LogP contribution >= 0.6 is 0 Å². The first-order chi connectivity index (χ1) is 9.76. The molecule has 0 aliphatic heterocycles.